The molecule has 0 spiro atoms. The molecule has 0 aliphatic rings. The molecule has 8 nitrogen and oxygen atoms in total. The molecule has 0 fully saturated rings. The minimum atomic E-state index is -0.602. The van der Waals surface area contributed by atoms with E-state index < -0.39 is 15.3 Å². The predicted octanol–water partition coefficient (Wildman–Crippen LogP) is 4.06. The Morgan fingerprint density at radius 1 is 0.885 bits per heavy atom. The molecule has 0 atom stereocenters. The second kappa shape index (κ2) is 8.90. The summed E-state index contributed by atoms with van der Waals surface area (Å²) in [4.78, 5) is 19.7. The van der Waals surface area contributed by atoms with Gasteiger partial charge in [0.05, 0.1) is 33.8 Å². The van der Waals surface area contributed by atoms with Crippen molar-refractivity contribution in [3.63, 3.8) is 0 Å². The quantitative estimate of drug-likeness (QED) is 0.601. The van der Waals surface area contributed by atoms with Crippen LogP contribution in [0, 0.1) is 42.9 Å². The van der Waals surface area contributed by atoms with E-state index >= 15 is 0 Å². The molecule has 8 heteroatoms. The SMILES string of the molecule is CC(C)(C#N)c1ccc([N+](=O)[O-])cc1.N#CCc1ccc([N+](=O)[O-])cc1. The normalized spacial score (nSPS) is 9.85. The van der Waals surface area contributed by atoms with Gasteiger partial charge in [0.1, 0.15) is 0 Å². The van der Waals surface area contributed by atoms with Crippen molar-refractivity contribution < 1.29 is 9.85 Å². The number of benzene rings is 2. The molecule has 0 saturated carbocycles. The smallest absolute Gasteiger partial charge is 0.258 e. The van der Waals surface area contributed by atoms with Crippen LogP contribution in [0.15, 0.2) is 48.5 Å². The van der Waals surface area contributed by atoms with Gasteiger partial charge in [-0.1, -0.05) is 24.3 Å². The van der Waals surface area contributed by atoms with Gasteiger partial charge in [0.25, 0.3) is 11.4 Å². The average molecular weight is 352 g/mol. The maximum absolute atomic E-state index is 10.4. The average Bonchev–Trinajstić information content (AvgIpc) is 2.63. The molecule has 0 unspecified atom stereocenters. The van der Waals surface area contributed by atoms with Gasteiger partial charge < -0.3 is 0 Å². The summed E-state index contributed by atoms with van der Waals surface area (Å²) >= 11 is 0. The molecule has 132 valence electrons. The van der Waals surface area contributed by atoms with Crippen molar-refractivity contribution in [2.24, 2.45) is 0 Å². The summed E-state index contributed by atoms with van der Waals surface area (Å²) in [5.41, 5.74) is 1.07. The van der Waals surface area contributed by atoms with Crippen LogP contribution in [-0.4, -0.2) is 9.85 Å². The van der Waals surface area contributed by atoms with Crippen LogP contribution >= 0.6 is 0 Å². The fraction of sp³-hybridized carbons (Fsp3) is 0.222. The number of nitrogens with zero attached hydrogens (tertiary/aromatic N) is 4. The van der Waals surface area contributed by atoms with Crippen LogP contribution in [0.1, 0.15) is 25.0 Å². The zero-order valence-corrected chi connectivity index (χ0v) is 14.2. The molecule has 2 rings (SSSR count). The molecule has 2 aromatic rings. The molecule has 0 N–H and O–H groups in total. The van der Waals surface area contributed by atoms with Crippen molar-refractivity contribution in [3.05, 3.63) is 79.9 Å². The Labute approximate surface area is 150 Å². The van der Waals surface area contributed by atoms with Crippen LogP contribution in [0.4, 0.5) is 11.4 Å². The molecule has 26 heavy (non-hydrogen) atoms. The fourth-order valence-corrected chi connectivity index (χ4v) is 1.89. The molecule has 0 bridgehead atoms. The Kier molecular flexibility index (Phi) is 6.94. The van der Waals surface area contributed by atoms with Crippen LogP contribution in [0.2, 0.25) is 0 Å². The highest BCUT2D eigenvalue weighted by molar-refractivity contribution is 5.38. The zero-order valence-electron chi connectivity index (χ0n) is 14.2. The standard InChI is InChI=1S/C10H10N2O2.C8H6N2O2/c1-10(2,7-11)8-3-5-9(6-4-8)12(13)14;9-6-5-7-1-3-8(4-2-7)10(11)12/h3-6H,1-2H3;1-4H,5H2. The number of nitriles is 2. The van der Waals surface area contributed by atoms with Gasteiger partial charge in [-0.25, -0.2) is 0 Å². The molecule has 0 aliphatic heterocycles. The molecule has 0 aromatic heterocycles. The lowest BCUT2D eigenvalue weighted by Crippen LogP contribution is -2.13. The molecule has 0 saturated heterocycles. The molecule has 0 aliphatic carbocycles. The fourth-order valence-electron chi connectivity index (χ4n) is 1.89. The summed E-state index contributed by atoms with van der Waals surface area (Å²) in [6.07, 6.45) is 0.290. The largest absolute Gasteiger partial charge is 0.269 e. The summed E-state index contributed by atoms with van der Waals surface area (Å²) in [6, 6.07) is 16.1. The third kappa shape index (κ3) is 5.69. The van der Waals surface area contributed by atoms with Gasteiger partial charge in [-0.05, 0) is 25.0 Å². The summed E-state index contributed by atoms with van der Waals surface area (Å²) in [5.74, 6) is 0. The van der Waals surface area contributed by atoms with Gasteiger partial charge in [0.15, 0.2) is 0 Å². The van der Waals surface area contributed by atoms with Gasteiger partial charge in [-0.2, -0.15) is 10.5 Å². The summed E-state index contributed by atoms with van der Waals surface area (Å²) in [6.45, 7) is 3.54. The van der Waals surface area contributed by atoms with Gasteiger partial charge in [0, 0.05) is 24.3 Å². The van der Waals surface area contributed by atoms with E-state index in [1.54, 1.807) is 38.1 Å². The van der Waals surface area contributed by atoms with Crippen molar-refractivity contribution in [2.75, 3.05) is 0 Å². The van der Waals surface area contributed by atoms with Gasteiger partial charge in [-0.15, -0.1) is 0 Å². The Morgan fingerprint density at radius 3 is 1.65 bits per heavy atom. The number of rotatable bonds is 4. The van der Waals surface area contributed by atoms with E-state index in [1.807, 2.05) is 6.07 Å². The molecular formula is C18H16N4O4. The summed E-state index contributed by atoms with van der Waals surface area (Å²) in [5, 5.41) is 37.7. The monoisotopic (exact) mass is 352 g/mol. The number of hydrogen-bond donors (Lipinski definition) is 0. The summed E-state index contributed by atoms with van der Waals surface area (Å²) < 4.78 is 0. The van der Waals surface area contributed by atoms with Gasteiger partial charge in [-0.3, -0.25) is 20.2 Å². The molecule has 0 amide bonds. The Morgan fingerprint density at radius 2 is 1.31 bits per heavy atom. The molecule has 0 heterocycles. The third-order valence-electron chi connectivity index (χ3n) is 3.51. The highest BCUT2D eigenvalue weighted by atomic mass is 16.6. The van der Waals surface area contributed by atoms with Crippen LogP contribution in [0.5, 0.6) is 0 Å². The minimum Gasteiger partial charge on any atom is -0.258 e. The van der Waals surface area contributed by atoms with E-state index in [2.05, 4.69) is 6.07 Å². The van der Waals surface area contributed by atoms with Crippen LogP contribution in [0.3, 0.4) is 0 Å². The molecular weight excluding hydrogens is 336 g/mol. The number of hydrogen-bond acceptors (Lipinski definition) is 6. The zero-order chi connectivity index (χ0) is 19.7. The lowest BCUT2D eigenvalue weighted by molar-refractivity contribution is -0.385. The van der Waals surface area contributed by atoms with E-state index in [9.17, 15) is 20.2 Å². The van der Waals surface area contributed by atoms with Gasteiger partial charge in [0.2, 0.25) is 0 Å². The number of non-ortho nitro benzene ring substituents is 2. The lowest BCUT2D eigenvalue weighted by Gasteiger charge is -2.14. The van der Waals surface area contributed by atoms with Gasteiger partial charge >= 0.3 is 0 Å². The summed E-state index contributed by atoms with van der Waals surface area (Å²) in [7, 11) is 0. The first-order valence-corrected chi connectivity index (χ1v) is 7.47. The van der Waals surface area contributed by atoms with Crippen molar-refractivity contribution in [2.45, 2.75) is 25.7 Å². The minimum absolute atomic E-state index is 0.0440. The maximum Gasteiger partial charge on any atom is 0.269 e. The van der Waals surface area contributed by atoms with Crippen LogP contribution in [0.25, 0.3) is 0 Å². The van der Waals surface area contributed by atoms with Crippen LogP contribution in [-0.2, 0) is 11.8 Å². The third-order valence-corrected chi connectivity index (χ3v) is 3.51. The highest BCUT2D eigenvalue weighted by Crippen LogP contribution is 2.24. The highest BCUT2D eigenvalue weighted by Gasteiger charge is 2.20. The van der Waals surface area contributed by atoms with Crippen molar-refractivity contribution in [1.82, 2.24) is 0 Å². The Balaban J connectivity index is 0.000000263. The van der Waals surface area contributed by atoms with E-state index in [0.29, 0.717) is 0 Å². The lowest BCUT2D eigenvalue weighted by atomic mass is 9.86. The topological polar surface area (TPSA) is 134 Å². The van der Waals surface area contributed by atoms with Crippen molar-refractivity contribution in [1.29, 1.82) is 10.5 Å². The van der Waals surface area contributed by atoms with E-state index in [1.165, 1.54) is 24.3 Å². The van der Waals surface area contributed by atoms with Crippen LogP contribution < -0.4 is 0 Å². The molecule has 0 radical (unpaired) electrons. The predicted molar refractivity (Wildman–Crippen MR) is 94.1 cm³/mol. The Bertz CT molecular complexity index is 860. The van der Waals surface area contributed by atoms with E-state index in [0.717, 1.165) is 11.1 Å². The second-order valence-corrected chi connectivity index (χ2v) is 5.80. The van der Waals surface area contributed by atoms with E-state index in [4.69, 9.17) is 10.5 Å². The second-order valence-electron chi connectivity index (χ2n) is 5.80. The Hall–Kier alpha value is -3.78. The van der Waals surface area contributed by atoms with E-state index in [-0.39, 0.29) is 17.8 Å². The number of nitro groups is 2. The maximum atomic E-state index is 10.4. The first-order chi connectivity index (χ1) is 12.2. The molecule has 2 aromatic carbocycles. The first-order valence-electron chi connectivity index (χ1n) is 7.47. The first kappa shape index (κ1) is 20.3. The van der Waals surface area contributed by atoms with Crippen molar-refractivity contribution in [3.8, 4) is 12.1 Å². The van der Waals surface area contributed by atoms with Crippen molar-refractivity contribution >= 4 is 11.4 Å². The number of nitro benzene ring substituents is 2.